The molecule has 1 atom stereocenters. The van der Waals surface area contributed by atoms with E-state index in [4.69, 9.17) is 15.4 Å². The minimum atomic E-state index is -3.49. The molecule has 1 unspecified atom stereocenters. The highest BCUT2D eigenvalue weighted by atomic mass is 35.7. The van der Waals surface area contributed by atoms with Crippen LogP contribution in [-0.4, -0.2) is 20.8 Å². The maximum absolute atomic E-state index is 11.2. The zero-order valence-electron chi connectivity index (χ0n) is 12.3. The molecule has 1 aromatic rings. The van der Waals surface area contributed by atoms with Gasteiger partial charge in [0, 0.05) is 16.6 Å². The Morgan fingerprint density at radius 1 is 1.20 bits per heavy atom. The van der Waals surface area contributed by atoms with E-state index in [0.29, 0.717) is 6.61 Å². The molecule has 0 aliphatic rings. The topological polar surface area (TPSA) is 43.4 Å². The Morgan fingerprint density at radius 2 is 1.80 bits per heavy atom. The van der Waals surface area contributed by atoms with E-state index in [1.807, 2.05) is 38.1 Å². The average Bonchev–Trinajstić information content (AvgIpc) is 2.35. The van der Waals surface area contributed by atoms with Crippen molar-refractivity contribution in [1.82, 2.24) is 0 Å². The average molecular weight is 319 g/mol. The van der Waals surface area contributed by atoms with Crippen LogP contribution in [0.15, 0.2) is 24.3 Å². The molecule has 3 nitrogen and oxygen atoms in total. The van der Waals surface area contributed by atoms with E-state index in [-0.39, 0.29) is 17.6 Å². The van der Waals surface area contributed by atoms with E-state index in [9.17, 15) is 8.42 Å². The first-order chi connectivity index (χ1) is 9.31. The zero-order chi connectivity index (χ0) is 15.2. The minimum absolute atomic E-state index is 0.0554. The zero-order valence-corrected chi connectivity index (χ0v) is 13.9. The Balaban J connectivity index is 2.58. The maximum atomic E-state index is 11.2. The second kappa shape index (κ2) is 7.89. The van der Waals surface area contributed by atoms with E-state index in [1.54, 1.807) is 0 Å². The number of rotatable bonds is 8. The van der Waals surface area contributed by atoms with Crippen molar-refractivity contribution in [2.45, 2.75) is 33.6 Å². The van der Waals surface area contributed by atoms with Crippen LogP contribution in [0.4, 0.5) is 0 Å². The Labute approximate surface area is 126 Å². The summed E-state index contributed by atoms with van der Waals surface area (Å²) in [5, 5.41) is 0. The summed E-state index contributed by atoms with van der Waals surface area (Å²) in [6.07, 6.45) is 2.17. The predicted octanol–water partition coefficient (Wildman–Crippen LogP) is 3.86. The molecule has 0 bridgehead atoms. The van der Waals surface area contributed by atoms with Gasteiger partial charge in [0.05, 0.1) is 12.4 Å². The fourth-order valence-corrected chi connectivity index (χ4v) is 3.41. The van der Waals surface area contributed by atoms with Crippen LogP contribution >= 0.6 is 10.7 Å². The summed E-state index contributed by atoms with van der Waals surface area (Å²) in [6.45, 7) is 6.45. The van der Waals surface area contributed by atoms with Crippen LogP contribution in [-0.2, 0) is 15.5 Å². The number of ether oxygens (including phenoxy) is 1. The van der Waals surface area contributed by atoms with Crippen molar-refractivity contribution in [3.63, 3.8) is 0 Å². The summed E-state index contributed by atoms with van der Waals surface area (Å²) < 4.78 is 28.1. The summed E-state index contributed by atoms with van der Waals surface area (Å²) in [6, 6.07) is 7.94. The molecular weight excluding hydrogens is 296 g/mol. The van der Waals surface area contributed by atoms with Gasteiger partial charge in [-0.1, -0.05) is 39.3 Å². The van der Waals surface area contributed by atoms with Gasteiger partial charge in [0.15, 0.2) is 0 Å². The third kappa shape index (κ3) is 6.62. The minimum Gasteiger partial charge on any atom is -0.493 e. The SMILES string of the molecule is CCCc1ccc(OCC(CS(=O)(=O)Cl)C(C)C)cc1. The largest absolute Gasteiger partial charge is 0.493 e. The summed E-state index contributed by atoms with van der Waals surface area (Å²) in [5.41, 5.74) is 1.28. The third-order valence-corrected chi connectivity index (χ3v) is 4.49. The number of hydrogen-bond acceptors (Lipinski definition) is 3. The van der Waals surface area contributed by atoms with Crippen LogP contribution in [0, 0.1) is 11.8 Å². The summed E-state index contributed by atoms with van der Waals surface area (Å²) in [7, 11) is 1.83. The van der Waals surface area contributed by atoms with Gasteiger partial charge in [0.1, 0.15) is 5.75 Å². The molecule has 1 rings (SSSR count). The molecule has 0 heterocycles. The highest BCUT2D eigenvalue weighted by Gasteiger charge is 2.21. The Bertz CT molecular complexity index is 494. The van der Waals surface area contributed by atoms with Gasteiger partial charge >= 0.3 is 0 Å². The smallest absolute Gasteiger partial charge is 0.233 e. The second-order valence-corrected chi connectivity index (χ2v) is 8.24. The van der Waals surface area contributed by atoms with Gasteiger partial charge in [0.25, 0.3) is 0 Å². The summed E-state index contributed by atoms with van der Waals surface area (Å²) >= 11 is 0. The Morgan fingerprint density at radius 3 is 2.25 bits per heavy atom. The van der Waals surface area contributed by atoms with Gasteiger partial charge in [-0.15, -0.1) is 0 Å². The van der Waals surface area contributed by atoms with Gasteiger partial charge in [0.2, 0.25) is 9.05 Å². The van der Waals surface area contributed by atoms with Crippen LogP contribution in [0.2, 0.25) is 0 Å². The van der Waals surface area contributed by atoms with E-state index < -0.39 is 9.05 Å². The van der Waals surface area contributed by atoms with Gasteiger partial charge < -0.3 is 4.74 Å². The molecule has 114 valence electrons. The molecule has 5 heteroatoms. The van der Waals surface area contributed by atoms with Gasteiger partial charge in [-0.3, -0.25) is 0 Å². The van der Waals surface area contributed by atoms with Crippen LogP contribution in [0.25, 0.3) is 0 Å². The van der Waals surface area contributed by atoms with Crippen molar-refractivity contribution in [3.8, 4) is 5.75 Å². The first-order valence-electron chi connectivity index (χ1n) is 6.96. The van der Waals surface area contributed by atoms with Crippen molar-refractivity contribution >= 4 is 19.7 Å². The van der Waals surface area contributed by atoms with Crippen LogP contribution in [0.5, 0.6) is 5.75 Å². The van der Waals surface area contributed by atoms with Gasteiger partial charge in [-0.05, 0) is 30.0 Å². The molecule has 0 N–H and O–H groups in total. The quantitative estimate of drug-likeness (QED) is 0.684. The lowest BCUT2D eigenvalue weighted by Crippen LogP contribution is -2.24. The van der Waals surface area contributed by atoms with Crippen LogP contribution < -0.4 is 4.74 Å². The summed E-state index contributed by atoms with van der Waals surface area (Å²) in [4.78, 5) is 0. The number of aryl methyl sites for hydroxylation is 1. The van der Waals surface area contributed by atoms with Crippen LogP contribution in [0.3, 0.4) is 0 Å². The first kappa shape index (κ1) is 17.3. The fourth-order valence-electron chi connectivity index (χ4n) is 1.93. The maximum Gasteiger partial charge on any atom is 0.233 e. The van der Waals surface area contributed by atoms with Gasteiger partial charge in [-0.2, -0.15) is 0 Å². The highest BCUT2D eigenvalue weighted by Crippen LogP contribution is 2.19. The predicted molar refractivity (Wildman–Crippen MR) is 83.9 cm³/mol. The van der Waals surface area contributed by atoms with Gasteiger partial charge in [-0.25, -0.2) is 8.42 Å². The molecule has 0 fully saturated rings. The molecule has 0 saturated carbocycles. The Hall–Kier alpha value is -0.740. The van der Waals surface area contributed by atoms with Crippen molar-refractivity contribution in [3.05, 3.63) is 29.8 Å². The molecule has 20 heavy (non-hydrogen) atoms. The van der Waals surface area contributed by atoms with E-state index in [2.05, 4.69) is 6.92 Å². The standard InChI is InChI=1S/C15H23ClO3S/c1-4-5-13-6-8-15(9-7-13)19-10-14(12(2)3)11-20(16,17)18/h6-9,12,14H,4-5,10-11H2,1-3H3. The summed E-state index contributed by atoms with van der Waals surface area (Å²) in [5.74, 6) is 0.804. The second-order valence-electron chi connectivity index (χ2n) is 5.41. The molecular formula is C15H23ClO3S. The molecule has 0 amide bonds. The lowest BCUT2D eigenvalue weighted by Gasteiger charge is -2.19. The first-order valence-corrected chi connectivity index (χ1v) is 9.43. The molecule has 1 aromatic carbocycles. The normalized spacial score (nSPS) is 13.4. The van der Waals surface area contributed by atoms with Crippen LogP contribution in [0.1, 0.15) is 32.8 Å². The molecule has 0 aliphatic heterocycles. The van der Waals surface area contributed by atoms with Crippen molar-refractivity contribution < 1.29 is 13.2 Å². The fraction of sp³-hybridized carbons (Fsp3) is 0.600. The molecule has 0 saturated heterocycles. The molecule has 0 aromatic heterocycles. The van der Waals surface area contributed by atoms with Crippen molar-refractivity contribution in [1.29, 1.82) is 0 Å². The van der Waals surface area contributed by atoms with Crippen molar-refractivity contribution in [2.75, 3.05) is 12.4 Å². The number of benzene rings is 1. The molecule has 0 spiro atoms. The van der Waals surface area contributed by atoms with E-state index in [1.165, 1.54) is 5.56 Å². The highest BCUT2D eigenvalue weighted by molar-refractivity contribution is 8.13. The lowest BCUT2D eigenvalue weighted by atomic mass is 9.99. The molecule has 0 aliphatic carbocycles. The molecule has 0 radical (unpaired) electrons. The van der Waals surface area contributed by atoms with Crippen molar-refractivity contribution in [2.24, 2.45) is 11.8 Å². The third-order valence-electron chi connectivity index (χ3n) is 3.28. The Kier molecular flexibility index (Phi) is 6.83. The number of halogens is 1. The number of hydrogen-bond donors (Lipinski definition) is 0. The monoisotopic (exact) mass is 318 g/mol. The van der Waals surface area contributed by atoms with E-state index in [0.717, 1.165) is 18.6 Å². The van der Waals surface area contributed by atoms with E-state index >= 15 is 0 Å². The lowest BCUT2D eigenvalue weighted by molar-refractivity contribution is 0.225.